The van der Waals surface area contributed by atoms with E-state index in [1.807, 2.05) is 80.7 Å². The van der Waals surface area contributed by atoms with Crippen molar-refractivity contribution >= 4 is 23.6 Å². The number of allylic oxidation sites excluding steroid dienone is 11. The summed E-state index contributed by atoms with van der Waals surface area (Å²) in [4.78, 5) is 51.9. The van der Waals surface area contributed by atoms with E-state index in [2.05, 4.69) is 10.6 Å². The average Bonchev–Trinajstić information content (AvgIpc) is 3.16. The maximum Gasteiger partial charge on any atom is 0.249 e. The molecule has 2 aliphatic heterocycles. The van der Waals surface area contributed by atoms with Crippen molar-refractivity contribution in [2.24, 2.45) is 11.3 Å². The van der Waals surface area contributed by atoms with Crippen molar-refractivity contribution in [1.82, 2.24) is 15.5 Å². The molecule has 0 spiro atoms. The van der Waals surface area contributed by atoms with Gasteiger partial charge in [-0.2, -0.15) is 0 Å². The Kier molecular flexibility index (Phi) is 11.0. The molecule has 2 atom stereocenters. The van der Waals surface area contributed by atoms with Crippen molar-refractivity contribution in [3.05, 3.63) is 72.4 Å². The van der Waals surface area contributed by atoms with E-state index >= 15 is 0 Å². The van der Waals surface area contributed by atoms with Crippen molar-refractivity contribution < 1.29 is 28.7 Å². The summed E-state index contributed by atoms with van der Waals surface area (Å²) < 4.78 is 11.5. The van der Waals surface area contributed by atoms with Crippen molar-refractivity contribution in [2.45, 2.75) is 58.8 Å². The van der Waals surface area contributed by atoms with E-state index in [0.29, 0.717) is 19.6 Å². The number of ether oxygens (including phenoxy) is 2. The summed E-state index contributed by atoms with van der Waals surface area (Å²) in [7, 11) is 0. The first-order valence-electron chi connectivity index (χ1n) is 13.8. The van der Waals surface area contributed by atoms with Gasteiger partial charge in [-0.05, 0) is 25.8 Å². The number of amides is 4. The minimum atomic E-state index is -0.850. The summed E-state index contributed by atoms with van der Waals surface area (Å²) in [5, 5.41) is 5.57. The van der Waals surface area contributed by atoms with Crippen molar-refractivity contribution in [2.75, 3.05) is 26.2 Å². The highest BCUT2D eigenvalue weighted by Crippen LogP contribution is 2.34. The summed E-state index contributed by atoms with van der Waals surface area (Å²) in [5.41, 5.74) is 0.279. The van der Waals surface area contributed by atoms with Gasteiger partial charge in [0.05, 0.1) is 12.5 Å². The third-order valence-corrected chi connectivity index (χ3v) is 6.79. The third-order valence-electron chi connectivity index (χ3n) is 6.79. The summed E-state index contributed by atoms with van der Waals surface area (Å²) in [6.07, 6.45) is 20.7. The van der Waals surface area contributed by atoms with E-state index in [9.17, 15) is 19.2 Å². The van der Waals surface area contributed by atoms with E-state index in [0.717, 1.165) is 5.57 Å². The van der Waals surface area contributed by atoms with E-state index in [1.165, 1.54) is 4.90 Å². The Balaban J connectivity index is 1.41. The number of hydrogen-bond acceptors (Lipinski definition) is 6. The molecule has 2 heterocycles. The SMILES string of the molecule is CC1(C)OCC(C)(C)[C@H](C(=O)NCCC(=O)NCCCN2C(=O)CC(C3=C/C=C\C=C/C=C\C=C/C=C\3)C2=O)O1. The van der Waals surface area contributed by atoms with Gasteiger partial charge in [-0.3, -0.25) is 24.1 Å². The largest absolute Gasteiger partial charge is 0.356 e. The predicted molar refractivity (Wildman–Crippen MR) is 153 cm³/mol. The maximum absolute atomic E-state index is 13.1. The van der Waals surface area contributed by atoms with Gasteiger partial charge in [-0.15, -0.1) is 0 Å². The van der Waals surface area contributed by atoms with Gasteiger partial charge >= 0.3 is 0 Å². The number of imide groups is 1. The second-order valence-electron chi connectivity index (χ2n) is 11.1. The Morgan fingerprint density at radius 2 is 1.57 bits per heavy atom. The molecule has 3 aliphatic rings. The second-order valence-corrected chi connectivity index (χ2v) is 11.1. The Morgan fingerprint density at radius 3 is 2.27 bits per heavy atom. The lowest BCUT2D eigenvalue weighted by molar-refractivity contribution is -0.304. The number of hydrogen-bond donors (Lipinski definition) is 2. The molecule has 2 N–H and O–H groups in total. The lowest BCUT2D eigenvalue weighted by Gasteiger charge is -2.44. The second kappa shape index (κ2) is 14.2. The Morgan fingerprint density at radius 1 is 0.925 bits per heavy atom. The first kappa shape index (κ1) is 31.0. The minimum Gasteiger partial charge on any atom is -0.356 e. The van der Waals surface area contributed by atoms with Crippen LogP contribution < -0.4 is 10.6 Å². The van der Waals surface area contributed by atoms with Crippen molar-refractivity contribution in [1.29, 1.82) is 0 Å². The van der Waals surface area contributed by atoms with Crippen LogP contribution in [0.5, 0.6) is 0 Å². The molecule has 9 nitrogen and oxygen atoms in total. The third kappa shape index (κ3) is 8.99. The van der Waals surface area contributed by atoms with Crippen LogP contribution in [-0.4, -0.2) is 66.7 Å². The zero-order valence-electron chi connectivity index (χ0n) is 23.9. The van der Waals surface area contributed by atoms with E-state index in [1.54, 1.807) is 13.8 Å². The highest BCUT2D eigenvalue weighted by molar-refractivity contribution is 6.05. The molecule has 0 bridgehead atoms. The molecule has 0 saturated carbocycles. The number of carbonyl (C=O) groups is 4. The molecule has 0 aromatic rings. The molecule has 2 fully saturated rings. The predicted octanol–water partition coefficient (Wildman–Crippen LogP) is 3.27. The molecular formula is C31H41N3O6. The summed E-state index contributed by atoms with van der Waals surface area (Å²) in [6, 6.07) is 0. The van der Waals surface area contributed by atoms with E-state index in [-0.39, 0.29) is 49.6 Å². The van der Waals surface area contributed by atoms with Crippen LogP contribution in [0.4, 0.5) is 0 Å². The molecule has 2 saturated heterocycles. The van der Waals surface area contributed by atoms with Gasteiger partial charge in [0.15, 0.2) is 5.79 Å². The lowest BCUT2D eigenvalue weighted by atomic mass is 9.85. The van der Waals surface area contributed by atoms with Gasteiger partial charge in [0.1, 0.15) is 6.10 Å². The molecule has 0 radical (unpaired) electrons. The summed E-state index contributed by atoms with van der Waals surface area (Å²) >= 11 is 0. The molecule has 1 aliphatic carbocycles. The van der Waals surface area contributed by atoms with Gasteiger partial charge in [0, 0.05) is 37.9 Å². The lowest BCUT2D eigenvalue weighted by Crippen LogP contribution is -2.56. The van der Waals surface area contributed by atoms with E-state index in [4.69, 9.17) is 9.47 Å². The number of nitrogens with one attached hydrogen (secondary N) is 2. The first-order valence-corrected chi connectivity index (χ1v) is 13.8. The fraction of sp³-hybridized carbons (Fsp3) is 0.484. The van der Waals surface area contributed by atoms with Gasteiger partial charge in [-0.1, -0.05) is 80.7 Å². The molecule has 0 aromatic carbocycles. The monoisotopic (exact) mass is 551 g/mol. The summed E-state index contributed by atoms with van der Waals surface area (Å²) in [5.74, 6) is -2.32. The van der Waals surface area contributed by atoms with Gasteiger partial charge in [0.2, 0.25) is 23.6 Å². The molecule has 0 aromatic heterocycles. The van der Waals surface area contributed by atoms with Gasteiger partial charge < -0.3 is 20.1 Å². The smallest absolute Gasteiger partial charge is 0.249 e. The highest BCUT2D eigenvalue weighted by atomic mass is 16.7. The van der Waals surface area contributed by atoms with Gasteiger partial charge in [0.25, 0.3) is 0 Å². The van der Waals surface area contributed by atoms with Crippen LogP contribution in [0.3, 0.4) is 0 Å². The van der Waals surface area contributed by atoms with Crippen LogP contribution in [0.1, 0.15) is 47.0 Å². The maximum atomic E-state index is 13.1. The molecule has 4 amide bonds. The number of likely N-dealkylation sites (tertiary alicyclic amines) is 1. The Bertz CT molecular complexity index is 1140. The number of rotatable bonds is 9. The fourth-order valence-electron chi connectivity index (χ4n) is 4.52. The number of nitrogens with zero attached hydrogens (tertiary/aromatic N) is 1. The standard InChI is InChI=1S/C31H41N3O6/c1-30(2)22-39-31(3,4)40-27(30)28(37)33-19-17-25(35)32-18-14-20-34-26(36)21-24(29(34)38)23-15-12-10-8-6-5-7-9-11-13-16-23/h5-13,15-16,24,27H,14,17-22H2,1-4H3,(H,32,35)(H,33,37)/b6-5-,7-5?,8-6?,9-7-,10-8-,11-9?,12-10?,13-11-,15-12-,16-13?,23-15?,23-16+/t24?,27-/m0/s1. The normalized spacial score (nSPS) is 29.2. The zero-order valence-corrected chi connectivity index (χ0v) is 23.9. The van der Waals surface area contributed by atoms with Crippen LogP contribution in [0.2, 0.25) is 0 Å². The van der Waals surface area contributed by atoms with Crippen LogP contribution >= 0.6 is 0 Å². The van der Waals surface area contributed by atoms with Crippen LogP contribution in [0.25, 0.3) is 0 Å². The van der Waals surface area contributed by atoms with Crippen LogP contribution in [0.15, 0.2) is 72.4 Å². The molecule has 40 heavy (non-hydrogen) atoms. The van der Waals surface area contributed by atoms with Crippen LogP contribution in [-0.2, 0) is 28.7 Å². The number of carbonyl (C=O) groups excluding carboxylic acids is 4. The van der Waals surface area contributed by atoms with Crippen molar-refractivity contribution in [3.63, 3.8) is 0 Å². The quantitative estimate of drug-likeness (QED) is 0.336. The summed E-state index contributed by atoms with van der Waals surface area (Å²) in [6.45, 7) is 8.44. The fourth-order valence-corrected chi connectivity index (χ4v) is 4.52. The molecule has 9 heteroatoms. The Labute approximate surface area is 236 Å². The topological polar surface area (TPSA) is 114 Å². The zero-order chi connectivity index (χ0) is 29.2. The van der Waals surface area contributed by atoms with Crippen LogP contribution in [0, 0.1) is 11.3 Å². The molecule has 3 rings (SSSR count). The Hall–Kier alpha value is -3.56. The van der Waals surface area contributed by atoms with E-state index < -0.39 is 23.2 Å². The highest BCUT2D eigenvalue weighted by Gasteiger charge is 2.45. The molecule has 1 unspecified atom stereocenters. The molecular weight excluding hydrogens is 510 g/mol. The van der Waals surface area contributed by atoms with Gasteiger partial charge in [-0.25, -0.2) is 0 Å². The minimum absolute atomic E-state index is 0.107. The average molecular weight is 552 g/mol. The molecule has 216 valence electrons. The first-order chi connectivity index (χ1) is 19.0. The van der Waals surface area contributed by atoms with Crippen molar-refractivity contribution in [3.8, 4) is 0 Å².